The van der Waals surface area contributed by atoms with Crippen molar-refractivity contribution < 1.29 is 14.3 Å². The fraction of sp³-hybridized carbons (Fsp3) is 0.0833. The van der Waals surface area contributed by atoms with E-state index in [0.717, 1.165) is 0 Å². The largest absolute Gasteiger partial charge is 0.478 e. The van der Waals surface area contributed by atoms with Gasteiger partial charge in [-0.25, -0.2) is 9.18 Å². The molecule has 0 spiro atoms. The van der Waals surface area contributed by atoms with Crippen LogP contribution in [-0.4, -0.2) is 16.1 Å². The lowest BCUT2D eigenvalue weighted by atomic mass is 10.1. The number of benzene rings is 1. The lowest BCUT2D eigenvalue weighted by molar-refractivity contribution is 0.0698. The normalized spacial score (nSPS) is 10.4. The van der Waals surface area contributed by atoms with E-state index < -0.39 is 5.97 Å². The monoisotopic (exact) mass is 219 g/mol. The van der Waals surface area contributed by atoms with Gasteiger partial charge in [0, 0.05) is 6.20 Å². The molecule has 1 aromatic heterocycles. The lowest BCUT2D eigenvalue weighted by Gasteiger charge is -2.03. The van der Waals surface area contributed by atoms with Gasteiger partial charge in [-0.05, 0) is 42.3 Å². The van der Waals surface area contributed by atoms with Gasteiger partial charge in [-0.3, -0.25) is 0 Å². The third-order valence-corrected chi connectivity index (χ3v) is 2.42. The fourth-order valence-electron chi connectivity index (χ4n) is 1.59. The highest BCUT2D eigenvalue weighted by Crippen LogP contribution is 2.23. The van der Waals surface area contributed by atoms with Crippen molar-refractivity contribution in [2.75, 3.05) is 0 Å². The molecule has 82 valence electrons. The summed E-state index contributed by atoms with van der Waals surface area (Å²) in [5.74, 6) is -1.30. The first-order chi connectivity index (χ1) is 7.59. The van der Waals surface area contributed by atoms with E-state index >= 15 is 0 Å². The Morgan fingerprint density at radius 1 is 1.38 bits per heavy atom. The first-order valence-electron chi connectivity index (χ1n) is 4.77. The predicted molar refractivity (Wildman–Crippen MR) is 57.9 cm³/mol. The molecule has 0 fully saturated rings. The second-order valence-electron chi connectivity index (χ2n) is 3.54. The minimum absolute atomic E-state index is 0.186. The zero-order valence-electron chi connectivity index (χ0n) is 8.62. The van der Waals surface area contributed by atoms with Gasteiger partial charge >= 0.3 is 5.97 Å². The Balaban J connectivity index is 2.54. The Hall–Kier alpha value is -2.10. The highest BCUT2D eigenvalue weighted by molar-refractivity contribution is 5.95. The zero-order valence-corrected chi connectivity index (χ0v) is 8.62. The number of aryl methyl sites for hydroxylation is 1. The van der Waals surface area contributed by atoms with E-state index in [1.54, 1.807) is 25.3 Å². The first kappa shape index (κ1) is 10.4. The molecule has 0 bridgehead atoms. The van der Waals surface area contributed by atoms with Crippen LogP contribution in [-0.2, 0) is 0 Å². The molecule has 0 saturated heterocycles. The molecule has 1 aromatic carbocycles. The first-order valence-corrected chi connectivity index (χ1v) is 4.77. The quantitative estimate of drug-likeness (QED) is 0.815. The number of nitrogens with one attached hydrogen (secondary N) is 1. The van der Waals surface area contributed by atoms with Crippen LogP contribution in [0.15, 0.2) is 30.5 Å². The standard InChI is InChI=1S/C12H10FNO2/c1-7-6-8(2-3-10(7)13)11-9(12(15)16)4-5-14-11/h2-6,14H,1H3,(H,15,16). The highest BCUT2D eigenvalue weighted by Gasteiger charge is 2.13. The second-order valence-corrected chi connectivity index (χ2v) is 3.54. The van der Waals surface area contributed by atoms with Crippen molar-refractivity contribution in [3.8, 4) is 11.3 Å². The number of halogens is 1. The average molecular weight is 219 g/mol. The molecule has 0 unspecified atom stereocenters. The number of hydrogen-bond acceptors (Lipinski definition) is 1. The van der Waals surface area contributed by atoms with Crippen LogP contribution < -0.4 is 0 Å². The second kappa shape index (κ2) is 3.81. The van der Waals surface area contributed by atoms with Crippen molar-refractivity contribution >= 4 is 5.97 Å². The van der Waals surface area contributed by atoms with E-state index in [4.69, 9.17) is 5.11 Å². The van der Waals surface area contributed by atoms with Gasteiger partial charge in [0.15, 0.2) is 0 Å². The molecule has 2 rings (SSSR count). The van der Waals surface area contributed by atoms with Crippen LogP contribution in [0.1, 0.15) is 15.9 Å². The van der Waals surface area contributed by atoms with Crippen molar-refractivity contribution in [2.45, 2.75) is 6.92 Å². The molecular weight excluding hydrogens is 209 g/mol. The molecule has 0 saturated carbocycles. The SMILES string of the molecule is Cc1cc(-c2[nH]ccc2C(=O)O)ccc1F. The van der Waals surface area contributed by atoms with Gasteiger partial charge in [0.1, 0.15) is 5.82 Å². The minimum Gasteiger partial charge on any atom is -0.478 e. The molecule has 0 aliphatic rings. The number of hydrogen-bond donors (Lipinski definition) is 2. The van der Waals surface area contributed by atoms with Gasteiger partial charge < -0.3 is 10.1 Å². The fourth-order valence-corrected chi connectivity index (χ4v) is 1.59. The maximum Gasteiger partial charge on any atom is 0.337 e. The van der Waals surface area contributed by atoms with E-state index in [1.165, 1.54) is 12.1 Å². The van der Waals surface area contributed by atoms with Crippen LogP contribution in [0.5, 0.6) is 0 Å². The lowest BCUT2D eigenvalue weighted by Crippen LogP contribution is -1.97. The molecule has 1 heterocycles. The smallest absolute Gasteiger partial charge is 0.337 e. The Morgan fingerprint density at radius 2 is 2.12 bits per heavy atom. The third kappa shape index (κ3) is 1.69. The Bertz CT molecular complexity index is 546. The molecule has 0 aliphatic heterocycles. The van der Waals surface area contributed by atoms with Crippen LogP contribution in [0.25, 0.3) is 11.3 Å². The molecule has 16 heavy (non-hydrogen) atoms. The maximum atomic E-state index is 13.1. The molecule has 2 aromatic rings. The average Bonchev–Trinajstić information content (AvgIpc) is 2.71. The summed E-state index contributed by atoms with van der Waals surface area (Å²) >= 11 is 0. The Morgan fingerprint density at radius 3 is 2.75 bits per heavy atom. The van der Waals surface area contributed by atoms with Crippen molar-refractivity contribution in [1.29, 1.82) is 0 Å². The summed E-state index contributed by atoms with van der Waals surface area (Å²) in [4.78, 5) is 13.8. The Kier molecular flexibility index (Phi) is 2.48. The molecule has 0 radical (unpaired) electrons. The van der Waals surface area contributed by atoms with Crippen molar-refractivity contribution in [2.24, 2.45) is 0 Å². The number of carboxylic acids is 1. The summed E-state index contributed by atoms with van der Waals surface area (Å²) in [6.45, 7) is 1.64. The van der Waals surface area contributed by atoms with Gasteiger partial charge in [0.25, 0.3) is 0 Å². The van der Waals surface area contributed by atoms with E-state index in [2.05, 4.69) is 4.98 Å². The Labute approximate surface area is 91.5 Å². The summed E-state index contributed by atoms with van der Waals surface area (Å²) < 4.78 is 13.1. The number of aromatic nitrogens is 1. The van der Waals surface area contributed by atoms with Crippen LogP contribution in [0, 0.1) is 12.7 Å². The summed E-state index contributed by atoms with van der Waals surface area (Å²) in [6.07, 6.45) is 1.55. The molecule has 0 atom stereocenters. The summed E-state index contributed by atoms with van der Waals surface area (Å²) in [6, 6.07) is 5.99. The van der Waals surface area contributed by atoms with Crippen LogP contribution in [0.4, 0.5) is 4.39 Å². The number of rotatable bonds is 2. The number of carboxylic acid groups (broad SMARTS) is 1. The maximum absolute atomic E-state index is 13.1. The zero-order chi connectivity index (χ0) is 11.7. The van der Waals surface area contributed by atoms with Crippen molar-refractivity contribution in [3.63, 3.8) is 0 Å². The van der Waals surface area contributed by atoms with Crippen molar-refractivity contribution in [3.05, 3.63) is 47.4 Å². The predicted octanol–water partition coefficient (Wildman–Crippen LogP) is 2.83. The van der Waals surface area contributed by atoms with E-state index in [-0.39, 0.29) is 11.4 Å². The topological polar surface area (TPSA) is 53.1 Å². The molecule has 0 aliphatic carbocycles. The van der Waals surface area contributed by atoms with Gasteiger partial charge in [-0.1, -0.05) is 0 Å². The summed E-state index contributed by atoms with van der Waals surface area (Å²) in [5.41, 5.74) is 1.84. The molecular formula is C12H10FNO2. The minimum atomic E-state index is -1.00. The summed E-state index contributed by atoms with van der Waals surface area (Å²) in [7, 11) is 0. The van der Waals surface area contributed by atoms with Gasteiger partial charge in [0.2, 0.25) is 0 Å². The van der Waals surface area contributed by atoms with Gasteiger partial charge in [0.05, 0.1) is 11.3 Å². The number of H-pyrrole nitrogens is 1. The van der Waals surface area contributed by atoms with E-state index in [1.807, 2.05) is 0 Å². The van der Waals surface area contributed by atoms with Gasteiger partial charge in [-0.15, -0.1) is 0 Å². The van der Waals surface area contributed by atoms with E-state index in [9.17, 15) is 9.18 Å². The molecule has 3 nitrogen and oxygen atoms in total. The third-order valence-electron chi connectivity index (χ3n) is 2.42. The van der Waals surface area contributed by atoms with Crippen LogP contribution in [0.2, 0.25) is 0 Å². The number of carbonyl (C=O) groups is 1. The van der Waals surface area contributed by atoms with Crippen LogP contribution >= 0.6 is 0 Å². The van der Waals surface area contributed by atoms with Gasteiger partial charge in [-0.2, -0.15) is 0 Å². The van der Waals surface area contributed by atoms with Crippen molar-refractivity contribution in [1.82, 2.24) is 4.98 Å². The molecule has 0 amide bonds. The van der Waals surface area contributed by atoms with E-state index in [0.29, 0.717) is 16.8 Å². The molecule has 4 heteroatoms. The highest BCUT2D eigenvalue weighted by atomic mass is 19.1. The number of aromatic carboxylic acids is 1. The molecule has 2 N–H and O–H groups in total. The van der Waals surface area contributed by atoms with Crippen LogP contribution in [0.3, 0.4) is 0 Å². The number of aromatic amines is 1. The summed E-state index contributed by atoms with van der Waals surface area (Å²) in [5, 5.41) is 8.95.